The van der Waals surface area contributed by atoms with Crippen LogP contribution >= 0.6 is 0 Å². The highest BCUT2D eigenvalue weighted by molar-refractivity contribution is 5.89. The number of benzene rings is 4. The molecule has 4 rings (SSSR count). The molecule has 0 radical (unpaired) electrons. The summed E-state index contributed by atoms with van der Waals surface area (Å²) in [5.74, 6) is -4.78. The van der Waals surface area contributed by atoms with Crippen molar-refractivity contribution < 1.29 is 84.1 Å². The molecule has 0 aromatic heterocycles. The largest absolute Gasteiger partial charge is 0.508 e. The zero-order valence-corrected chi connectivity index (χ0v) is 31.8. The topological polar surface area (TPSA) is 287 Å². The van der Waals surface area contributed by atoms with E-state index in [1.54, 1.807) is 19.1 Å². The minimum absolute atomic E-state index is 0.0984. The molecule has 0 saturated carbocycles. The fourth-order valence-corrected chi connectivity index (χ4v) is 4.37. The fraction of sp³-hybridized carbons (Fsp3) is 0.163. The Morgan fingerprint density at radius 2 is 0.817 bits per heavy atom. The molecule has 0 aliphatic rings. The summed E-state index contributed by atoms with van der Waals surface area (Å²) in [7, 11) is 0. The second-order valence-corrected chi connectivity index (χ2v) is 12.4. The number of phenolic OH excluding ortho intramolecular Hbond substituents is 7. The molecule has 1 atom stereocenters. The summed E-state index contributed by atoms with van der Waals surface area (Å²) in [6.07, 6.45) is 7.57. The quantitative estimate of drug-likeness (QED) is 0.0334. The molecule has 17 nitrogen and oxygen atoms in total. The van der Waals surface area contributed by atoms with Crippen LogP contribution in [0.4, 0.5) is 0 Å². The number of esters is 4. The van der Waals surface area contributed by atoms with Gasteiger partial charge in [-0.3, -0.25) is 0 Å². The number of ether oxygens (including phenoxy) is 4. The van der Waals surface area contributed by atoms with Crippen LogP contribution in [0.3, 0.4) is 0 Å². The molecular formula is C43H42O17. The molecule has 0 spiro atoms. The van der Waals surface area contributed by atoms with E-state index in [0.717, 1.165) is 24.3 Å². The van der Waals surface area contributed by atoms with Crippen molar-refractivity contribution in [2.45, 2.75) is 19.1 Å². The maximum absolute atomic E-state index is 11.9. The van der Waals surface area contributed by atoms with E-state index in [9.17, 15) is 65.1 Å². The molecule has 0 aliphatic carbocycles. The van der Waals surface area contributed by atoms with Crippen LogP contribution in [0, 0.1) is 6.92 Å². The molecule has 0 bridgehead atoms. The first-order valence-corrected chi connectivity index (χ1v) is 17.6. The van der Waals surface area contributed by atoms with Crippen molar-refractivity contribution in [3.63, 3.8) is 0 Å². The summed E-state index contributed by atoms with van der Waals surface area (Å²) in [4.78, 5) is 46.9. The number of carbonyl (C=O) groups is 4. The van der Waals surface area contributed by atoms with Crippen molar-refractivity contribution in [2.75, 3.05) is 26.4 Å². The second kappa shape index (κ2) is 23.5. The molecular weight excluding hydrogens is 788 g/mol. The van der Waals surface area contributed by atoms with Gasteiger partial charge >= 0.3 is 23.9 Å². The van der Waals surface area contributed by atoms with Crippen LogP contribution < -0.4 is 0 Å². The van der Waals surface area contributed by atoms with E-state index in [-0.39, 0.29) is 46.9 Å². The number of aliphatic hydroxyl groups is 2. The van der Waals surface area contributed by atoms with Gasteiger partial charge in [-0.25, -0.2) is 19.2 Å². The first-order chi connectivity index (χ1) is 28.5. The van der Waals surface area contributed by atoms with Gasteiger partial charge in [0.2, 0.25) is 0 Å². The number of hydrogen-bond acceptors (Lipinski definition) is 17. The molecule has 9 N–H and O–H groups in total. The van der Waals surface area contributed by atoms with Crippen molar-refractivity contribution in [3.05, 3.63) is 125 Å². The molecule has 0 saturated heterocycles. The van der Waals surface area contributed by atoms with Crippen LogP contribution in [-0.4, -0.2) is 108 Å². The number of aryl methyl sites for hydroxylation is 1. The number of rotatable bonds is 16. The highest BCUT2D eigenvalue weighted by Gasteiger charge is 2.14. The molecule has 1 unspecified atom stereocenters. The van der Waals surface area contributed by atoms with Gasteiger partial charge in [0.05, 0.1) is 6.61 Å². The highest BCUT2D eigenvalue weighted by Crippen LogP contribution is 2.27. The SMILES string of the molecule is Cc1ccc(/C=C/C(=O)OC(CO)COC(=O)/C=C/c2ccc(O)c(O)c2)cc1O.O=C(/C=C/c1ccc(O)c(O)c1)OCC(O)COC(=O)/C=C/c1ccc(O)c(O)c1. The Morgan fingerprint density at radius 3 is 1.17 bits per heavy atom. The standard InChI is InChI=1S/C22H22O8.C21H20O9/c1-14-2-3-15(10-19(14)25)6-9-22(28)30-17(12-23)13-29-21(27)8-5-16-4-7-18(24)20(26)11-16;22-15(11-29-20(27)7-3-13-1-5-16(23)18(25)9-13)12-30-21(28)8-4-14-2-6-17(24)19(26)10-14/h2-11,17,23-26H,12-13H2,1H3;1-10,15,22-26H,11-12H2/b8-5+,9-6+;7-3+,8-4+. The van der Waals surface area contributed by atoms with Crippen molar-refractivity contribution in [2.24, 2.45) is 0 Å². The third-order valence-electron chi connectivity index (χ3n) is 7.61. The van der Waals surface area contributed by atoms with E-state index < -0.39 is 55.9 Å². The number of hydrogen-bond donors (Lipinski definition) is 9. The number of aliphatic hydroxyl groups excluding tert-OH is 2. The Labute approximate surface area is 342 Å². The molecule has 17 heteroatoms. The lowest BCUT2D eigenvalue weighted by Crippen LogP contribution is -2.27. The van der Waals surface area contributed by atoms with Crippen molar-refractivity contribution in [3.8, 4) is 40.2 Å². The van der Waals surface area contributed by atoms with E-state index >= 15 is 0 Å². The minimum atomic E-state index is -1.24. The third kappa shape index (κ3) is 16.8. The Balaban J connectivity index is 0.000000320. The van der Waals surface area contributed by atoms with Crippen LogP contribution in [0.25, 0.3) is 24.3 Å². The second-order valence-electron chi connectivity index (χ2n) is 12.4. The van der Waals surface area contributed by atoms with Gasteiger partial charge in [0.25, 0.3) is 0 Å². The Morgan fingerprint density at radius 1 is 0.483 bits per heavy atom. The summed E-state index contributed by atoms with van der Waals surface area (Å²) in [5.41, 5.74) is 2.65. The summed E-state index contributed by atoms with van der Waals surface area (Å²) >= 11 is 0. The maximum atomic E-state index is 11.9. The van der Waals surface area contributed by atoms with Crippen LogP contribution in [-0.2, 0) is 38.1 Å². The lowest BCUT2D eigenvalue weighted by atomic mass is 10.1. The first kappa shape index (κ1) is 46.6. The molecule has 4 aromatic carbocycles. The van der Waals surface area contributed by atoms with Gasteiger partial charge in [0, 0.05) is 24.3 Å². The highest BCUT2D eigenvalue weighted by atomic mass is 16.6. The summed E-state index contributed by atoms with van der Waals surface area (Å²) in [6.45, 7) is 0.0206. The van der Waals surface area contributed by atoms with E-state index in [2.05, 4.69) is 0 Å². The zero-order chi connectivity index (χ0) is 44.2. The maximum Gasteiger partial charge on any atom is 0.331 e. The van der Waals surface area contributed by atoms with E-state index in [0.29, 0.717) is 27.8 Å². The Kier molecular flexibility index (Phi) is 18.2. The zero-order valence-electron chi connectivity index (χ0n) is 31.8. The molecule has 4 aromatic rings. The predicted octanol–water partition coefficient (Wildman–Crippen LogP) is 3.97. The van der Waals surface area contributed by atoms with Gasteiger partial charge < -0.3 is 64.9 Å². The molecule has 316 valence electrons. The predicted molar refractivity (Wildman–Crippen MR) is 214 cm³/mol. The van der Waals surface area contributed by atoms with Gasteiger partial charge in [-0.15, -0.1) is 0 Å². The van der Waals surface area contributed by atoms with Gasteiger partial charge in [-0.2, -0.15) is 0 Å². The Bertz CT molecular complexity index is 2160. The monoisotopic (exact) mass is 830 g/mol. The summed E-state index contributed by atoms with van der Waals surface area (Å²) in [5, 5.41) is 84.5. The molecule has 0 fully saturated rings. The normalized spacial score (nSPS) is 11.7. The smallest absolute Gasteiger partial charge is 0.331 e. The van der Waals surface area contributed by atoms with E-state index in [4.69, 9.17) is 18.9 Å². The fourth-order valence-electron chi connectivity index (χ4n) is 4.37. The average molecular weight is 831 g/mol. The van der Waals surface area contributed by atoms with Crippen LogP contribution in [0.5, 0.6) is 40.2 Å². The average Bonchev–Trinajstić information content (AvgIpc) is 3.22. The number of carbonyl (C=O) groups excluding carboxylic acids is 4. The van der Waals surface area contributed by atoms with Crippen molar-refractivity contribution in [1.82, 2.24) is 0 Å². The summed E-state index contributed by atoms with van der Waals surface area (Å²) in [6, 6.07) is 16.9. The number of phenols is 7. The Hall–Kier alpha value is -7.76. The molecule has 0 heterocycles. The summed E-state index contributed by atoms with van der Waals surface area (Å²) < 4.78 is 19.6. The number of aromatic hydroxyl groups is 7. The lowest BCUT2D eigenvalue weighted by Gasteiger charge is -2.13. The first-order valence-electron chi connectivity index (χ1n) is 17.6. The van der Waals surface area contributed by atoms with Crippen LogP contribution in [0.1, 0.15) is 27.8 Å². The van der Waals surface area contributed by atoms with Crippen molar-refractivity contribution >= 4 is 48.2 Å². The van der Waals surface area contributed by atoms with E-state index in [1.165, 1.54) is 85.0 Å². The van der Waals surface area contributed by atoms with Gasteiger partial charge in [-0.1, -0.05) is 30.3 Å². The molecule has 0 aliphatic heterocycles. The molecule has 0 amide bonds. The molecule has 60 heavy (non-hydrogen) atoms. The van der Waals surface area contributed by atoms with Gasteiger partial charge in [-0.05, 0) is 102 Å². The van der Waals surface area contributed by atoms with Crippen molar-refractivity contribution in [1.29, 1.82) is 0 Å². The van der Waals surface area contributed by atoms with E-state index in [1.807, 2.05) is 0 Å². The van der Waals surface area contributed by atoms with Gasteiger partial charge in [0.15, 0.2) is 40.6 Å². The van der Waals surface area contributed by atoms with Crippen LogP contribution in [0.15, 0.2) is 97.1 Å². The minimum Gasteiger partial charge on any atom is -0.508 e. The lowest BCUT2D eigenvalue weighted by molar-refractivity contribution is -0.154. The third-order valence-corrected chi connectivity index (χ3v) is 7.61. The van der Waals surface area contributed by atoms with Gasteiger partial charge in [0.1, 0.15) is 31.7 Å². The van der Waals surface area contributed by atoms with Crippen LogP contribution in [0.2, 0.25) is 0 Å².